The van der Waals surface area contributed by atoms with E-state index in [1.165, 1.54) is 0 Å². The van der Waals surface area contributed by atoms with Gasteiger partial charge in [-0.05, 0) is 23.9 Å². The molecular weight excluding hydrogens is 265 g/mol. The van der Waals surface area contributed by atoms with Gasteiger partial charge in [-0.2, -0.15) is 0 Å². The molecule has 0 aliphatic carbocycles. The summed E-state index contributed by atoms with van der Waals surface area (Å²) in [6, 6.07) is 9.88. The Hall–Kier alpha value is -0.370. The first kappa shape index (κ1) is 15.7. The van der Waals surface area contributed by atoms with E-state index in [2.05, 4.69) is 4.18 Å². The van der Waals surface area contributed by atoms with Gasteiger partial charge in [-0.25, -0.2) is 8.42 Å². The third-order valence-electron chi connectivity index (χ3n) is 2.45. The molecule has 1 heterocycles. The Kier molecular flexibility index (Phi) is 5.84. The Balaban J connectivity index is 0.00000162. The zero-order chi connectivity index (χ0) is 12.3. The number of aromatic nitrogens is 1. The van der Waals surface area contributed by atoms with Gasteiger partial charge in [-0.15, -0.1) is 0 Å². The predicted octanol–water partition coefficient (Wildman–Crippen LogP) is -1.49. The summed E-state index contributed by atoms with van der Waals surface area (Å²) in [7, 11) is -4.57. The molecule has 0 unspecified atom stereocenters. The van der Waals surface area contributed by atoms with Crippen LogP contribution in [0.3, 0.4) is 0 Å². The number of benzene rings is 1. The maximum atomic E-state index is 10.2. The molecule has 0 saturated heterocycles. The van der Waals surface area contributed by atoms with Crippen LogP contribution in [-0.2, 0) is 21.1 Å². The Morgan fingerprint density at radius 1 is 1.22 bits per heavy atom. The first-order valence-corrected chi connectivity index (χ1v) is 6.54. The minimum absolute atomic E-state index is 0. The minimum Gasteiger partial charge on any atom is -0.726 e. The first-order valence-electron chi connectivity index (χ1n) is 5.20. The van der Waals surface area contributed by atoms with Crippen LogP contribution in [0.25, 0.3) is 10.9 Å². The van der Waals surface area contributed by atoms with Crippen molar-refractivity contribution >= 4 is 21.3 Å². The molecule has 0 saturated carbocycles. The Labute approximate surface area is 128 Å². The number of hydrogen-bond donors (Lipinski definition) is 0. The molecule has 0 aliphatic rings. The van der Waals surface area contributed by atoms with Crippen LogP contribution in [0.1, 0.15) is 6.42 Å². The summed E-state index contributed by atoms with van der Waals surface area (Å²) in [6.07, 6.45) is 2.40. The fourth-order valence-electron chi connectivity index (χ4n) is 1.73. The second-order valence-electron chi connectivity index (χ2n) is 3.65. The second-order valence-corrected chi connectivity index (χ2v) is 4.70. The van der Waals surface area contributed by atoms with Crippen molar-refractivity contribution in [3.05, 3.63) is 36.5 Å². The second kappa shape index (κ2) is 6.70. The van der Waals surface area contributed by atoms with Gasteiger partial charge >= 0.3 is 29.6 Å². The molecule has 0 radical (unpaired) electrons. The smallest absolute Gasteiger partial charge is 0.726 e. The van der Waals surface area contributed by atoms with E-state index >= 15 is 0 Å². The number of fused-ring (bicyclic) bond motifs is 1. The summed E-state index contributed by atoms with van der Waals surface area (Å²) < 4.78 is 36.8. The zero-order valence-corrected chi connectivity index (χ0v) is 12.9. The molecule has 5 nitrogen and oxygen atoms in total. The first-order chi connectivity index (χ1) is 8.06. The fourth-order valence-corrected chi connectivity index (χ4v) is 2.05. The molecule has 1 aromatic carbocycles. The molecule has 0 bridgehead atoms. The van der Waals surface area contributed by atoms with Gasteiger partial charge in [-0.1, -0.05) is 18.2 Å². The minimum atomic E-state index is -4.57. The molecule has 92 valence electrons. The standard InChI is InChI=1S/C11H13NO4S.Na/c13-17(14,15)16-9-3-7-12-8-6-10-4-1-2-5-11(10)12;/h1-2,4-6,8H,3,7,9H2,(H,13,14,15);/q;+1/p-1. The van der Waals surface area contributed by atoms with Crippen LogP contribution in [0.4, 0.5) is 0 Å². The fraction of sp³-hybridized carbons (Fsp3) is 0.273. The molecule has 18 heavy (non-hydrogen) atoms. The average Bonchev–Trinajstić information content (AvgIpc) is 2.67. The van der Waals surface area contributed by atoms with Gasteiger partial charge in [0.2, 0.25) is 10.4 Å². The van der Waals surface area contributed by atoms with E-state index < -0.39 is 10.4 Å². The van der Waals surface area contributed by atoms with Crippen molar-refractivity contribution < 1.29 is 46.7 Å². The number of para-hydroxylation sites is 1. The van der Waals surface area contributed by atoms with Crippen molar-refractivity contribution in [3.63, 3.8) is 0 Å². The number of aryl methyl sites for hydroxylation is 1. The van der Waals surface area contributed by atoms with Crippen molar-refractivity contribution in [1.82, 2.24) is 4.57 Å². The van der Waals surface area contributed by atoms with E-state index in [-0.39, 0.29) is 36.2 Å². The summed E-state index contributed by atoms with van der Waals surface area (Å²) >= 11 is 0. The van der Waals surface area contributed by atoms with Gasteiger partial charge in [0.05, 0.1) is 6.61 Å². The third-order valence-corrected chi connectivity index (χ3v) is 2.91. The number of hydrogen-bond acceptors (Lipinski definition) is 4. The molecule has 0 N–H and O–H groups in total. The molecule has 7 heteroatoms. The van der Waals surface area contributed by atoms with Crippen LogP contribution in [-0.4, -0.2) is 24.1 Å². The topological polar surface area (TPSA) is 71.4 Å². The molecule has 0 atom stereocenters. The summed E-state index contributed by atoms with van der Waals surface area (Å²) in [5.74, 6) is 0. The van der Waals surface area contributed by atoms with Crippen molar-refractivity contribution in [2.45, 2.75) is 13.0 Å². The average molecular weight is 277 g/mol. The quantitative estimate of drug-likeness (QED) is 0.289. The van der Waals surface area contributed by atoms with Crippen LogP contribution in [0, 0.1) is 0 Å². The molecule has 0 aliphatic heterocycles. The van der Waals surface area contributed by atoms with Gasteiger partial charge < -0.3 is 9.12 Å². The number of nitrogens with zero attached hydrogens (tertiary/aromatic N) is 1. The monoisotopic (exact) mass is 277 g/mol. The van der Waals surface area contributed by atoms with Gasteiger partial charge in [0.25, 0.3) is 0 Å². The van der Waals surface area contributed by atoms with Crippen molar-refractivity contribution in [2.24, 2.45) is 0 Å². The normalized spacial score (nSPS) is 11.4. The zero-order valence-electron chi connectivity index (χ0n) is 10.1. The van der Waals surface area contributed by atoms with Crippen molar-refractivity contribution in [2.75, 3.05) is 6.61 Å². The van der Waals surface area contributed by atoms with Gasteiger partial charge in [-0.3, -0.25) is 4.18 Å². The van der Waals surface area contributed by atoms with E-state index in [0.29, 0.717) is 13.0 Å². The van der Waals surface area contributed by atoms with E-state index in [1.807, 2.05) is 41.1 Å². The summed E-state index contributed by atoms with van der Waals surface area (Å²) in [6.45, 7) is 0.529. The molecular formula is C11H12NNaO4S. The third kappa shape index (κ3) is 4.38. The van der Waals surface area contributed by atoms with Crippen LogP contribution >= 0.6 is 0 Å². The number of rotatable bonds is 5. The molecule has 0 spiro atoms. The van der Waals surface area contributed by atoms with Gasteiger partial charge in [0, 0.05) is 18.3 Å². The van der Waals surface area contributed by atoms with Crippen LogP contribution < -0.4 is 29.6 Å². The maximum Gasteiger partial charge on any atom is 1.00 e. The van der Waals surface area contributed by atoms with E-state index in [1.54, 1.807) is 0 Å². The summed E-state index contributed by atoms with van der Waals surface area (Å²) in [4.78, 5) is 0. The molecule has 1 aromatic heterocycles. The molecule has 2 rings (SSSR count). The largest absolute Gasteiger partial charge is 1.00 e. The summed E-state index contributed by atoms with van der Waals surface area (Å²) in [5, 5.41) is 1.13. The van der Waals surface area contributed by atoms with Crippen molar-refractivity contribution in [3.8, 4) is 0 Å². The van der Waals surface area contributed by atoms with Crippen LogP contribution in [0.5, 0.6) is 0 Å². The SMILES string of the molecule is O=S(=O)([O-])OCCCn1ccc2ccccc21.[Na+]. The van der Waals surface area contributed by atoms with Crippen LogP contribution in [0.2, 0.25) is 0 Å². The van der Waals surface area contributed by atoms with Gasteiger partial charge in [0.15, 0.2) is 0 Å². The summed E-state index contributed by atoms with van der Waals surface area (Å²) in [5.41, 5.74) is 1.08. The molecule has 0 amide bonds. The Bertz CT molecular complexity index is 608. The van der Waals surface area contributed by atoms with Crippen LogP contribution in [0.15, 0.2) is 36.5 Å². The van der Waals surface area contributed by atoms with E-state index in [9.17, 15) is 13.0 Å². The predicted molar refractivity (Wildman–Crippen MR) is 62.2 cm³/mol. The van der Waals surface area contributed by atoms with E-state index in [0.717, 1.165) is 10.9 Å². The molecule has 2 aromatic rings. The van der Waals surface area contributed by atoms with Crippen molar-refractivity contribution in [1.29, 1.82) is 0 Å². The Morgan fingerprint density at radius 2 is 1.94 bits per heavy atom. The van der Waals surface area contributed by atoms with Gasteiger partial charge in [0.1, 0.15) is 0 Å². The van der Waals surface area contributed by atoms with E-state index in [4.69, 9.17) is 0 Å². The Morgan fingerprint density at radius 3 is 2.67 bits per heavy atom. The maximum absolute atomic E-state index is 10.2. The molecule has 0 fully saturated rings.